The van der Waals surface area contributed by atoms with E-state index in [1.165, 1.54) is 22.8 Å². The minimum Gasteiger partial charge on any atom is -0.385 e. The molecule has 0 bridgehead atoms. The summed E-state index contributed by atoms with van der Waals surface area (Å²) in [6.07, 6.45) is -2.76. The molecule has 3 aromatic rings. The number of alkyl halides is 3. The summed E-state index contributed by atoms with van der Waals surface area (Å²) >= 11 is 0. The molecule has 1 fully saturated rings. The maximum Gasteiger partial charge on any atom is 0.416 e. The third kappa shape index (κ3) is 5.18. The fourth-order valence-corrected chi connectivity index (χ4v) is 5.64. The molecule has 7 heteroatoms. The van der Waals surface area contributed by atoms with Crippen molar-refractivity contribution in [3.8, 4) is 0 Å². The molecule has 0 amide bonds. The molecule has 0 aromatic heterocycles. The van der Waals surface area contributed by atoms with Crippen molar-refractivity contribution in [3.63, 3.8) is 0 Å². The van der Waals surface area contributed by atoms with Crippen LogP contribution in [0.4, 0.5) is 13.2 Å². The molecule has 3 nitrogen and oxygen atoms in total. The number of nitrogens with zero attached hydrogens (tertiary/aromatic N) is 1. The van der Waals surface area contributed by atoms with Crippen LogP contribution in [-0.2, 0) is 28.5 Å². The lowest BCUT2D eigenvalue weighted by Gasteiger charge is -2.43. The van der Waals surface area contributed by atoms with Gasteiger partial charge in [-0.1, -0.05) is 66.7 Å². The number of likely N-dealkylation sites (tertiary alicyclic amines) is 1. The normalized spacial score (nSPS) is 21.9. The van der Waals surface area contributed by atoms with Crippen LogP contribution >= 0.6 is 12.4 Å². The zero-order valence-corrected chi connectivity index (χ0v) is 20.8. The van der Waals surface area contributed by atoms with Crippen molar-refractivity contribution in [2.75, 3.05) is 26.2 Å². The van der Waals surface area contributed by atoms with Gasteiger partial charge in [-0.15, -0.1) is 12.4 Å². The van der Waals surface area contributed by atoms with Crippen molar-refractivity contribution in [2.45, 2.75) is 43.1 Å². The van der Waals surface area contributed by atoms with E-state index in [1.807, 2.05) is 12.1 Å². The number of fused-ring (bicyclic) bond motifs is 1. The van der Waals surface area contributed by atoms with Crippen molar-refractivity contribution in [1.29, 1.82) is 0 Å². The zero-order valence-electron chi connectivity index (χ0n) is 20.0. The number of rotatable bonds is 5. The van der Waals surface area contributed by atoms with Gasteiger partial charge in [0, 0.05) is 18.5 Å². The van der Waals surface area contributed by atoms with E-state index in [1.54, 1.807) is 6.07 Å². The van der Waals surface area contributed by atoms with E-state index in [2.05, 4.69) is 47.4 Å². The summed E-state index contributed by atoms with van der Waals surface area (Å²) in [5.74, 6) is 0. The third-order valence-electron chi connectivity index (χ3n) is 7.73. The van der Waals surface area contributed by atoms with Crippen LogP contribution in [0.25, 0.3) is 0 Å². The van der Waals surface area contributed by atoms with Crippen LogP contribution in [0.15, 0.2) is 78.9 Å². The van der Waals surface area contributed by atoms with E-state index in [4.69, 9.17) is 4.74 Å². The van der Waals surface area contributed by atoms with Gasteiger partial charge in [0.15, 0.2) is 0 Å². The first-order valence-corrected chi connectivity index (χ1v) is 12.1. The first kappa shape index (κ1) is 26.7. The van der Waals surface area contributed by atoms with Gasteiger partial charge in [-0.2, -0.15) is 13.2 Å². The summed E-state index contributed by atoms with van der Waals surface area (Å²) in [4.78, 5) is 2.31. The molecule has 0 aliphatic carbocycles. The van der Waals surface area contributed by atoms with E-state index < -0.39 is 17.3 Å². The Kier molecular flexibility index (Phi) is 7.81. The molecule has 1 atom stereocenters. The second kappa shape index (κ2) is 10.5. The van der Waals surface area contributed by atoms with Crippen LogP contribution in [0.2, 0.25) is 0 Å². The Hall–Kier alpha value is -2.38. The number of hydrogen-bond donors (Lipinski definition) is 1. The Morgan fingerprint density at radius 2 is 1.53 bits per heavy atom. The summed E-state index contributed by atoms with van der Waals surface area (Å²) in [5.41, 5.74) is 1.87. The average Bonchev–Trinajstić information content (AvgIpc) is 2.88. The minimum absolute atomic E-state index is 0. The maximum atomic E-state index is 13.2. The molecular formula is C29H31ClF3NO2. The number of aliphatic hydroxyl groups is 1. The largest absolute Gasteiger partial charge is 0.416 e. The molecule has 2 aliphatic heterocycles. The molecule has 0 radical (unpaired) electrons. The number of halogens is 4. The molecule has 1 unspecified atom stereocenters. The molecule has 0 saturated carbocycles. The molecule has 3 aromatic carbocycles. The number of piperidine rings is 1. The van der Waals surface area contributed by atoms with E-state index in [0.717, 1.165) is 25.1 Å². The molecule has 1 saturated heterocycles. The molecule has 2 heterocycles. The average molecular weight is 518 g/mol. The summed E-state index contributed by atoms with van der Waals surface area (Å²) in [7, 11) is 0. The summed E-state index contributed by atoms with van der Waals surface area (Å²) in [6, 6.07) is 24.0. The van der Waals surface area contributed by atoms with E-state index in [9.17, 15) is 18.3 Å². The van der Waals surface area contributed by atoms with Crippen LogP contribution < -0.4 is 0 Å². The Morgan fingerprint density at radius 3 is 2.25 bits per heavy atom. The summed E-state index contributed by atoms with van der Waals surface area (Å²) in [6.45, 7) is 3.28. The predicted molar refractivity (Wildman–Crippen MR) is 136 cm³/mol. The van der Waals surface area contributed by atoms with Gasteiger partial charge in [-0.3, -0.25) is 0 Å². The zero-order chi connectivity index (χ0) is 24.5. The molecule has 2 aliphatic rings. The molecule has 0 spiro atoms. The summed E-state index contributed by atoms with van der Waals surface area (Å²) < 4.78 is 45.6. The maximum absolute atomic E-state index is 13.2. The van der Waals surface area contributed by atoms with Crippen molar-refractivity contribution >= 4 is 12.4 Å². The van der Waals surface area contributed by atoms with Gasteiger partial charge in [0.05, 0.1) is 24.4 Å². The number of ether oxygens (including phenoxy) is 1. The van der Waals surface area contributed by atoms with Gasteiger partial charge >= 0.3 is 6.18 Å². The highest BCUT2D eigenvalue weighted by atomic mass is 35.5. The van der Waals surface area contributed by atoms with Crippen molar-refractivity contribution in [2.24, 2.45) is 0 Å². The summed E-state index contributed by atoms with van der Waals surface area (Å²) in [5, 5.41) is 11.2. The second-order valence-corrected chi connectivity index (χ2v) is 9.80. The van der Waals surface area contributed by atoms with E-state index >= 15 is 0 Å². The van der Waals surface area contributed by atoms with Crippen molar-refractivity contribution in [1.82, 2.24) is 4.90 Å². The lowest BCUT2D eigenvalue weighted by molar-refractivity contribution is -0.137. The molecule has 192 valence electrons. The van der Waals surface area contributed by atoms with Crippen LogP contribution in [0.1, 0.15) is 47.1 Å². The first-order chi connectivity index (χ1) is 16.8. The molecule has 5 rings (SSSR count). The first-order valence-electron chi connectivity index (χ1n) is 12.1. The second-order valence-electron chi connectivity index (χ2n) is 9.80. The molecule has 1 N–H and O–H groups in total. The topological polar surface area (TPSA) is 32.7 Å². The minimum atomic E-state index is -4.42. The van der Waals surface area contributed by atoms with E-state index in [-0.39, 0.29) is 17.8 Å². The SMILES string of the molecule is Cl.OC1(c2cccc(C(F)(F)F)c2)CCN(CCC2(c3ccccc3)COCc3ccccc32)CC1. The highest BCUT2D eigenvalue weighted by molar-refractivity contribution is 5.85. The van der Waals surface area contributed by atoms with Crippen LogP contribution in [0, 0.1) is 0 Å². The van der Waals surface area contributed by atoms with Gasteiger partial charge in [0.25, 0.3) is 0 Å². The smallest absolute Gasteiger partial charge is 0.385 e. The van der Waals surface area contributed by atoms with Gasteiger partial charge in [-0.25, -0.2) is 0 Å². The van der Waals surface area contributed by atoms with E-state index in [0.29, 0.717) is 44.7 Å². The standard InChI is InChI=1S/C29H30F3NO2.ClH/c30-29(31,32)25-11-6-10-24(19-25)28(34)14-17-33(18-15-28)16-13-27(23-8-2-1-3-9-23)21-35-20-22-7-4-5-12-26(22)27;/h1-12,19,34H,13-18,20-21H2;1H. The Bertz CT molecular complexity index is 1160. The van der Waals surface area contributed by atoms with Crippen LogP contribution in [-0.4, -0.2) is 36.2 Å². The van der Waals surface area contributed by atoms with Crippen LogP contribution in [0.3, 0.4) is 0 Å². The van der Waals surface area contributed by atoms with Gasteiger partial charge < -0.3 is 14.7 Å². The van der Waals surface area contributed by atoms with Gasteiger partial charge in [0.2, 0.25) is 0 Å². The Morgan fingerprint density at radius 1 is 0.861 bits per heavy atom. The lowest BCUT2D eigenvalue weighted by Crippen LogP contribution is -2.46. The Labute approximate surface area is 216 Å². The molecular weight excluding hydrogens is 487 g/mol. The number of benzene rings is 3. The predicted octanol–water partition coefficient (Wildman–Crippen LogP) is 6.32. The lowest BCUT2D eigenvalue weighted by atomic mass is 9.70. The highest BCUT2D eigenvalue weighted by Crippen LogP contribution is 2.42. The van der Waals surface area contributed by atoms with Crippen LogP contribution in [0.5, 0.6) is 0 Å². The number of hydrogen-bond acceptors (Lipinski definition) is 3. The third-order valence-corrected chi connectivity index (χ3v) is 7.73. The van der Waals surface area contributed by atoms with Crippen molar-refractivity contribution < 1.29 is 23.0 Å². The van der Waals surface area contributed by atoms with Crippen molar-refractivity contribution in [3.05, 3.63) is 107 Å². The quantitative estimate of drug-likeness (QED) is 0.430. The fraction of sp³-hybridized carbons (Fsp3) is 0.379. The fourth-order valence-electron chi connectivity index (χ4n) is 5.64. The Balaban J connectivity index is 0.00000304. The van der Waals surface area contributed by atoms with Gasteiger partial charge in [-0.05, 0) is 60.2 Å². The highest BCUT2D eigenvalue weighted by Gasteiger charge is 2.41. The monoisotopic (exact) mass is 517 g/mol. The van der Waals surface area contributed by atoms with Gasteiger partial charge in [0.1, 0.15) is 0 Å². The molecule has 36 heavy (non-hydrogen) atoms.